The number of rotatable bonds is 3. The zero-order chi connectivity index (χ0) is 14.3. The molecule has 0 saturated carbocycles. The molecule has 0 N–H and O–H groups in total. The van der Waals surface area contributed by atoms with Crippen molar-refractivity contribution < 1.29 is 13.4 Å². The summed E-state index contributed by atoms with van der Waals surface area (Å²) >= 11 is -3.06. The third kappa shape index (κ3) is 27.5. The van der Waals surface area contributed by atoms with Crippen LogP contribution in [0.3, 0.4) is 0 Å². The van der Waals surface area contributed by atoms with E-state index < -0.39 is 13.4 Å². The van der Waals surface area contributed by atoms with Gasteiger partial charge in [0.25, 0.3) is 0 Å². The van der Waals surface area contributed by atoms with E-state index in [0.29, 0.717) is 15.8 Å². The molecule has 0 bridgehead atoms. The maximum atomic E-state index is 5.69. The molecule has 0 aromatic rings. The van der Waals surface area contributed by atoms with Crippen molar-refractivity contribution in [2.75, 3.05) is 39.0 Å². The van der Waals surface area contributed by atoms with Crippen LogP contribution in [0.2, 0.25) is 0 Å². The van der Waals surface area contributed by atoms with E-state index in [4.69, 9.17) is 27.6 Å². The van der Waals surface area contributed by atoms with Crippen LogP contribution >= 0.6 is 43.4 Å². The Morgan fingerprint density at radius 1 is 0.882 bits per heavy atom. The number of halogens is 3. The van der Waals surface area contributed by atoms with Crippen LogP contribution in [0.4, 0.5) is 0 Å². The quantitative estimate of drug-likeness (QED) is 0.393. The number of hydrogen-bond donors (Lipinski definition) is 0. The van der Waals surface area contributed by atoms with E-state index in [0.717, 1.165) is 0 Å². The molecule has 0 amide bonds. The van der Waals surface area contributed by atoms with E-state index in [1.807, 2.05) is 25.0 Å². The van der Waals surface area contributed by atoms with Gasteiger partial charge in [-0.25, -0.2) is 0 Å². The average Bonchev–Trinajstić information content (AvgIpc) is 1.94. The van der Waals surface area contributed by atoms with Crippen molar-refractivity contribution in [2.45, 2.75) is 20.8 Å². The molecular formula is C11H26Cl3NbP2. The summed E-state index contributed by atoms with van der Waals surface area (Å²) in [6.07, 6.45) is 2.96. The van der Waals surface area contributed by atoms with Gasteiger partial charge in [-0.15, -0.1) is 15.8 Å². The predicted octanol–water partition coefficient (Wildman–Crippen LogP) is 5.92. The fourth-order valence-corrected chi connectivity index (χ4v) is 11.4. The minimum atomic E-state index is -3.06. The molecule has 0 nitrogen and oxygen atoms in total. The van der Waals surface area contributed by atoms with Crippen LogP contribution < -0.4 is 0 Å². The Morgan fingerprint density at radius 2 is 1.18 bits per heavy atom. The normalized spacial score (nSPS) is 12.5. The second-order valence-electron chi connectivity index (χ2n) is 5.59. The van der Waals surface area contributed by atoms with E-state index in [1.165, 1.54) is 12.3 Å². The van der Waals surface area contributed by atoms with Crippen LogP contribution in [-0.2, 0) is 13.4 Å². The van der Waals surface area contributed by atoms with E-state index in [9.17, 15) is 0 Å². The first-order valence-electron chi connectivity index (χ1n) is 5.48. The van der Waals surface area contributed by atoms with Crippen molar-refractivity contribution in [1.82, 2.24) is 0 Å². The van der Waals surface area contributed by atoms with Gasteiger partial charge in [0.05, 0.1) is 0 Å². The van der Waals surface area contributed by atoms with Crippen LogP contribution in [0.5, 0.6) is 0 Å². The van der Waals surface area contributed by atoms with E-state index >= 15 is 0 Å². The van der Waals surface area contributed by atoms with Gasteiger partial charge in [0.15, 0.2) is 0 Å². The smallest absolute Gasteiger partial charge is 0.0292 e. The van der Waals surface area contributed by atoms with Gasteiger partial charge in [0, 0.05) is 0 Å². The molecule has 106 valence electrons. The van der Waals surface area contributed by atoms with Crippen LogP contribution in [0.25, 0.3) is 0 Å². The standard InChI is InChI=1S/C6H16P2.C5H10.3ClH.Nb/c1-7(2)5-6-8(3)4;1-5(2,3)4;;;;/h5-6H2,1-4H3;1H,2-4H3;3*1H;/q;;;;;+3/p-3. The van der Waals surface area contributed by atoms with Crippen LogP contribution in [-0.4, -0.2) is 43.2 Å². The van der Waals surface area contributed by atoms with Crippen molar-refractivity contribution in [3.63, 3.8) is 0 Å². The maximum Gasteiger partial charge on any atom is -0.0292 e. The minimum Gasteiger partial charge on any atom is -0.113 e. The van der Waals surface area contributed by atoms with Crippen molar-refractivity contribution >= 4 is 47.6 Å². The first kappa shape index (κ1) is 21.6. The third-order valence-electron chi connectivity index (χ3n) is 1.53. The Kier molecular flexibility index (Phi) is 12.9. The van der Waals surface area contributed by atoms with Gasteiger partial charge in [-0.1, -0.05) is 0 Å². The maximum absolute atomic E-state index is 5.69. The Labute approximate surface area is 125 Å². The van der Waals surface area contributed by atoms with Gasteiger partial charge >= 0.3 is 71.4 Å². The van der Waals surface area contributed by atoms with E-state index in [1.54, 1.807) is 0 Å². The molecule has 6 heteroatoms. The van der Waals surface area contributed by atoms with Crippen molar-refractivity contribution in [2.24, 2.45) is 5.41 Å². The second kappa shape index (κ2) is 10.1. The first-order chi connectivity index (χ1) is 7.33. The molecule has 0 rings (SSSR count). The summed E-state index contributed by atoms with van der Waals surface area (Å²) in [4.78, 5) is 0. The monoisotopic (exact) mass is 418 g/mol. The molecule has 17 heavy (non-hydrogen) atoms. The zero-order valence-corrected chi connectivity index (χ0v) is 18.2. The van der Waals surface area contributed by atoms with Gasteiger partial charge in [0.1, 0.15) is 0 Å². The topological polar surface area (TPSA) is 0 Å². The van der Waals surface area contributed by atoms with Crippen LogP contribution in [0, 0.1) is 5.41 Å². The fraction of sp³-hybridized carbons (Fsp3) is 0.909. The molecular weight excluding hydrogens is 393 g/mol. The molecule has 0 radical (unpaired) electrons. The Balaban J connectivity index is 0. The average molecular weight is 420 g/mol. The molecule has 0 saturated heterocycles. The SMILES string of the molecule is CC(C)(C)[CH]=[Nb]([Cl])([Cl])[Cl].CP(C)CCP(C)C. The second-order valence-corrected chi connectivity index (χ2v) is 26.4. The first-order valence-corrected chi connectivity index (χ1v) is 20.1. The third-order valence-corrected chi connectivity index (χ3v) is 8.47. The largest absolute Gasteiger partial charge is 0.113 e. The predicted molar refractivity (Wildman–Crippen MR) is 90.3 cm³/mol. The summed E-state index contributed by atoms with van der Waals surface area (Å²) in [5.74, 6) is 0. The van der Waals surface area contributed by atoms with E-state index in [-0.39, 0.29) is 5.41 Å². The summed E-state index contributed by atoms with van der Waals surface area (Å²) < 4.78 is 1.87. The van der Waals surface area contributed by atoms with Crippen molar-refractivity contribution in [1.29, 1.82) is 0 Å². The van der Waals surface area contributed by atoms with Crippen molar-refractivity contribution in [3.8, 4) is 0 Å². The van der Waals surface area contributed by atoms with Crippen molar-refractivity contribution in [3.05, 3.63) is 0 Å². The molecule has 0 aliphatic rings. The fourth-order valence-electron chi connectivity index (χ4n) is 0.839. The molecule has 0 aliphatic carbocycles. The molecule has 0 atom stereocenters. The van der Waals surface area contributed by atoms with Gasteiger partial charge in [0.2, 0.25) is 0 Å². The van der Waals surface area contributed by atoms with E-state index in [2.05, 4.69) is 26.7 Å². The Bertz CT molecular complexity index is 225. The van der Waals surface area contributed by atoms with Gasteiger partial charge in [-0.05, 0) is 39.0 Å². The van der Waals surface area contributed by atoms with Gasteiger partial charge in [-0.2, -0.15) is 0 Å². The molecule has 0 fully saturated rings. The molecule has 0 spiro atoms. The van der Waals surface area contributed by atoms with Gasteiger partial charge in [-0.3, -0.25) is 0 Å². The summed E-state index contributed by atoms with van der Waals surface area (Å²) in [6, 6.07) is 0. The molecule has 0 heterocycles. The van der Waals surface area contributed by atoms with Crippen LogP contribution in [0.15, 0.2) is 0 Å². The summed E-state index contributed by atoms with van der Waals surface area (Å²) in [6.45, 7) is 15.5. The zero-order valence-electron chi connectivity index (χ0n) is 12.0. The minimum absolute atomic E-state index is 0.0524. The summed E-state index contributed by atoms with van der Waals surface area (Å²) in [7, 11) is 17.8. The molecule has 0 unspecified atom stereocenters. The van der Waals surface area contributed by atoms with Gasteiger partial charge < -0.3 is 0 Å². The summed E-state index contributed by atoms with van der Waals surface area (Å²) in [5.41, 5.74) is 0.0524. The summed E-state index contributed by atoms with van der Waals surface area (Å²) in [5, 5.41) is 0. The Hall–Kier alpha value is 2.34. The molecule has 0 aromatic heterocycles. The molecule has 0 aromatic carbocycles. The molecule has 0 aliphatic heterocycles. The van der Waals surface area contributed by atoms with Crippen LogP contribution in [0.1, 0.15) is 20.8 Å². The number of hydrogen-bond acceptors (Lipinski definition) is 0. The Morgan fingerprint density at radius 3 is 1.24 bits per heavy atom.